The molecule has 1 N–H and O–H groups in total. The number of nitrogens with zero attached hydrogens (tertiary/aromatic N) is 1. The quantitative estimate of drug-likeness (QED) is 0.570. The molecule has 1 amide bonds. The summed E-state index contributed by atoms with van der Waals surface area (Å²) < 4.78 is 19.5. The smallest absolute Gasteiger partial charge is 0.408 e. The van der Waals surface area contributed by atoms with E-state index in [9.17, 15) is 19.1 Å². The van der Waals surface area contributed by atoms with Gasteiger partial charge in [-0.1, -0.05) is 29.5 Å². The van der Waals surface area contributed by atoms with Crippen molar-refractivity contribution in [2.75, 3.05) is 13.7 Å². The molecule has 0 aliphatic rings. The second-order valence-electron chi connectivity index (χ2n) is 7.18. The molecule has 0 aromatic heterocycles. The Kier molecular flexibility index (Phi) is 6.89. The number of rotatable bonds is 4. The lowest BCUT2D eigenvalue weighted by Gasteiger charge is -2.31. The third kappa shape index (κ3) is 5.27. The summed E-state index contributed by atoms with van der Waals surface area (Å²) in [6.45, 7) is 5.21. The van der Waals surface area contributed by atoms with Crippen molar-refractivity contribution in [1.82, 2.24) is 4.90 Å². The predicted octanol–water partition coefficient (Wildman–Crippen LogP) is 4.85. The van der Waals surface area contributed by atoms with Gasteiger partial charge in [-0.15, -0.1) is 0 Å². The van der Waals surface area contributed by atoms with Crippen LogP contribution in [0.5, 0.6) is 5.75 Å². The van der Waals surface area contributed by atoms with Gasteiger partial charge < -0.3 is 9.84 Å². The molecule has 2 rings (SSSR count). The van der Waals surface area contributed by atoms with Crippen molar-refractivity contribution in [3.05, 3.63) is 63.9 Å². The Morgan fingerprint density at radius 3 is 2.52 bits per heavy atom. The van der Waals surface area contributed by atoms with Crippen molar-refractivity contribution in [3.8, 4) is 17.6 Å². The summed E-state index contributed by atoms with van der Waals surface area (Å²) in [4.78, 5) is 25.6. The molecule has 2 aromatic rings. The summed E-state index contributed by atoms with van der Waals surface area (Å²) in [5.74, 6) is 4.33. The molecule has 0 bridgehead atoms. The lowest BCUT2D eigenvalue weighted by atomic mass is 9.97. The normalized spacial score (nSPS) is 10.7. The van der Waals surface area contributed by atoms with Crippen molar-refractivity contribution >= 4 is 23.5 Å². The van der Waals surface area contributed by atoms with Gasteiger partial charge in [0.1, 0.15) is 17.1 Å². The molecule has 0 saturated carbocycles. The molecule has 0 fully saturated rings. The third-order valence-electron chi connectivity index (χ3n) is 4.15. The van der Waals surface area contributed by atoms with Crippen LogP contribution in [-0.4, -0.2) is 41.1 Å². The number of hydrogen-bond acceptors (Lipinski definition) is 3. The fourth-order valence-corrected chi connectivity index (χ4v) is 2.82. The molecule has 0 heterocycles. The average molecular weight is 418 g/mol. The first-order valence-electron chi connectivity index (χ1n) is 8.72. The molecule has 0 saturated heterocycles. The monoisotopic (exact) mass is 417 g/mol. The fraction of sp³-hybridized carbons (Fsp3) is 0.273. The molecule has 0 spiro atoms. The number of carbonyl (C=O) groups excluding carboxylic acids is 1. The third-order valence-corrected chi connectivity index (χ3v) is 4.38. The largest absolute Gasteiger partial charge is 0.496 e. The van der Waals surface area contributed by atoms with E-state index >= 15 is 0 Å². The number of methoxy groups -OCH3 is 1. The molecule has 0 aliphatic heterocycles. The highest BCUT2D eigenvalue weighted by Gasteiger charge is 2.25. The molecule has 5 nitrogen and oxygen atoms in total. The van der Waals surface area contributed by atoms with Crippen LogP contribution < -0.4 is 4.74 Å². The molecule has 0 atom stereocenters. The SMILES string of the molecule is COc1cccc(F)c1C(=O)c1cc(Cl)ccc1C#CCN(C(=O)O)C(C)(C)C. The van der Waals surface area contributed by atoms with E-state index in [1.807, 2.05) is 0 Å². The van der Waals surface area contributed by atoms with Crippen molar-refractivity contribution in [2.24, 2.45) is 0 Å². The van der Waals surface area contributed by atoms with Gasteiger partial charge in [-0.2, -0.15) is 0 Å². The van der Waals surface area contributed by atoms with Crippen LogP contribution in [0.3, 0.4) is 0 Å². The minimum absolute atomic E-state index is 0.0574. The Labute approximate surface area is 174 Å². The summed E-state index contributed by atoms with van der Waals surface area (Å²) in [5.41, 5.74) is -0.447. The van der Waals surface area contributed by atoms with Crippen LogP contribution in [-0.2, 0) is 0 Å². The average Bonchev–Trinajstić information content (AvgIpc) is 2.63. The number of amides is 1. The van der Waals surface area contributed by atoms with E-state index in [-0.39, 0.29) is 28.4 Å². The van der Waals surface area contributed by atoms with Gasteiger partial charge in [0.25, 0.3) is 0 Å². The number of halogens is 2. The summed E-state index contributed by atoms with van der Waals surface area (Å²) in [6.07, 6.45) is -1.10. The highest BCUT2D eigenvalue weighted by atomic mass is 35.5. The van der Waals surface area contributed by atoms with E-state index in [0.29, 0.717) is 5.56 Å². The van der Waals surface area contributed by atoms with Gasteiger partial charge in [-0.3, -0.25) is 9.69 Å². The molecule has 29 heavy (non-hydrogen) atoms. The van der Waals surface area contributed by atoms with E-state index in [4.69, 9.17) is 16.3 Å². The first-order valence-corrected chi connectivity index (χ1v) is 9.10. The van der Waals surface area contributed by atoms with Gasteiger partial charge in [0.2, 0.25) is 5.78 Å². The van der Waals surface area contributed by atoms with Crippen LogP contribution in [0.2, 0.25) is 5.02 Å². The van der Waals surface area contributed by atoms with Crippen LogP contribution in [0.4, 0.5) is 9.18 Å². The molecule has 0 aliphatic carbocycles. The highest BCUT2D eigenvalue weighted by Crippen LogP contribution is 2.27. The summed E-state index contributed by atoms with van der Waals surface area (Å²) >= 11 is 6.04. The maximum atomic E-state index is 14.3. The minimum atomic E-state index is -1.10. The van der Waals surface area contributed by atoms with Crippen molar-refractivity contribution in [2.45, 2.75) is 26.3 Å². The number of ketones is 1. The van der Waals surface area contributed by atoms with Gasteiger partial charge >= 0.3 is 6.09 Å². The molecule has 0 radical (unpaired) electrons. The second kappa shape index (κ2) is 8.97. The number of ether oxygens (including phenoxy) is 1. The van der Waals surface area contributed by atoms with Gasteiger partial charge in [-0.05, 0) is 51.1 Å². The first kappa shape index (κ1) is 22.3. The molecule has 152 valence electrons. The zero-order valence-electron chi connectivity index (χ0n) is 16.5. The molecular weight excluding hydrogens is 397 g/mol. The van der Waals surface area contributed by atoms with E-state index < -0.39 is 23.2 Å². The lowest BCUT2D eigenvalue weighted by Crippen LogP contribution is -2.45. The topological polar surface area (TPSA) is 66.8 Å². The summed E-state index contributed by atoms with van der Waals surface area (Å²) in [7, 11) is 1.34. The van der Waals surface area contributed by atoms with Crippen LogP contribution in [0, 0.1) is 17.7 Å². The molecule has 2 aromatic carbocycles. The van der Waals surface area contributed by atoms with Crippen molar-refractivity contribution in [1.29, 1.82) is 0 Å². The van der Waals surface area contributed by atoms with E-state index in [0.717, 1.165) is 0 Å². The lowest BCUT2D eigenvalue weighted by molar-refractivity contribution is 0.103. The number of carbonyl (C=O) groups is 2. The Balaban J connectivity index is 2.47. The fourth-order valence-electron chi connectivity index (χ4n) is 2.65. The summed E-state index contributed by atoms with van der Waals surface area (Å²) in [5, 5.41) is 9.64. The summed E-state index contributed by atoms with van der Waals surface area (Å²) in [6, 6.07) is 8.59. The van der Waals surface area contributed by atoms with Crippen LogP contribution in [0.1, 0.15) is 42.3 Å². The van der Waals surface area contributed by atoms with Crippen LogP contribution in [0.15, 0.2) is 36.4 Å². The Morgan fingerprint density at radius 2 is 1.93 bits per heavy atom. The zero-order valence-corrected chi connectivity index (χ0v) is 17.3. The Morgan fingerprint density at radius 1 is 1.24 bits per heavy atom. The zero-order chi connectivity index (χ0) is 21.8. The van der Waals surface area contributed by atoms with Crippen molar-refractivity contribution in [3.63, 3.8) is 0 Å². The predicted molar refractivity (Wildman–Crippen MR) is 109 cm³/mol. The minimum Gasteiger partial charge on any atom is -0.496 e. The molecule has 7 heteroatoms. The number of hydrogen-bond donors (Lipinski definition) is 1. The number of carboxylic acid groups (broad SMARTS) is 1. The van der Waals surface area contributed by atoms with Gasteiger partial charge in [0.15, 0.2) is 0 Å². The van der Waals surface area contributed by atoms with Crippen LogP contribution >= 0.6 is 11.6 Å². The van der Waals surface area contributed by atoms with E-state index in [2.05, 4.69) is 11.8 Å². The maximum Gasteiger partial charge on any atom is 0.408 e. The van der Waals surface area contributed by atoms with Gasteiger partial charge in [-0.25, -0.2) is 9.18 Å². The standard InChI is InChI=1S/C22H21ClFNO4/c1-22(2,3)25(21(27)28)12-6-7-14-10-11-15(23)13-16(14)20(26)19-17(24)8-5-9-18(19)29-4/h5,8-11,13H,12H2,1-4H3,(H,27,28). The Hall–Kier alpha value is -3.04. The molecule has 0 unspecified atom stereocenters. The van der Waals surface area contributed by atoms with Gasteiger partial charge in [0, 0.05) is 21.7 Å². The first-order chi connectivity index (χ1) is 13.6. The van der Waals surface area contributed by atoms with Gasteiger partial charge in [0.05, 0.1) is 13.7 Å². The Bertz CT molecular complexity index is 1000. The van der Waals surface area contributed by atoms with E-state index in [1.165, 1.54) is 42.3 Å². The maximum absolute atomic E-state index is 14.3. The van der Waals surface area contributed by atoms with Crippen LogP contribution in [0.25, 0.3) is 0 Å². The van der Waals surface area contributed by atoms with E-state index in [1.54, 1.807) is 26.8 Å². The van der Waals surface area contributed by atoms with Crippen molar-refractivity contribution < 1.29 is 23.8 Å². The highest BCUT2D eigenvalue weighted by molar-refractivity contribution is 6.31. The second-order valence-corrected chi connectivity index (χ2v) is 7.61. The molecular formula is C22H21ClFNO4. The number of benzene rings is 2.